The number of nitriles is 1. The van der Waals surface area contributed by atoms with Gasteiger partial charge in [-0.2, -0.15) is 5.26 Å². The molecule has 0 N–H and O–H groups in total. The van der Waals surface area contributed by atoms with Crippen molar-refractivity contribution in [3.63, 3.8) is 0 Å². The monoisotopic (exact) mass is 307 g/mol. The van der Waals surface area contributed by atoms with E-state index < -0.39 is 0 Å². The summed E-state index contributed by atoms with van der Waals surface area (Å²) in [6.07, 6.45) is 3.22. The largest absolute Gasteiger partial charge is 0.493 e. The van der Waals surface area contributed by atoms with Crippen LogP contribution in [0.4, 0.5) is 0 Å². The summed E-state index contributed by atoms with van der Waals surface area (Å²) in [6.45, 7) is 2.46. The Morgan fingerprint density at radius 2 is 1.91 bits per heavy atom. The van der Waals surface area contributed by atoms with Crippen LogP contribution in [0.5, 0.6) is 11.5 Å². The van der Waals surface area contributed by atoms with Gasteiger partial charge in [0.15, 0.2) is 17.3 Å². The molecule has 0 radical (unpaired) electrons. The third kappa shape index (κ3) is 4.21. The standard InChI is InChI=1S/C19H17NO3/c1-3-23-18-11-7-14(12-19(18)22-2)6-10-17(21)16-8-4-15(13-20)5-9-16/h4-12H,3H2,1-2H3/b10-6+. The number of nitrogens with zero attached hydrogens (tertiary/aromatic N) is 1. The number of hydrogen-bond donors (Lipinski definition) is 0. The number of rotatable bonds is 6. The number of ketones is 1. The molecule has 0 saturated carbocycles. The first-order valence-electron chi connectivity index (χ1n) is 7.21. The van der Waals surface area contributed by atoms with Crippen molar-refractivity contribution in [2.75, 3.05) is 13.7 Å². The second kappa shape index (κ2) is 7.81. The van der Waals surface area contributed by atoms with Gasteiger partial charge >= 0.3 is 0 Å². The maximum Gasteiger partial charge on any atom is 0.185 e. The summed E-state index contributed by atoms with van der Waals surface area (Å²) >= 11 is 0. The maximum absolute atomic E-state index is 12.1. The molecule has 0 aliphatic rings. The summed E-state index contributed by atoms with van der Waals surface area (Å²) in [5, 5.41) is 8.76. The highest BCUT2D eigenvalue weighted by molar-refractivity contribution is 6.06. The van der Waals surface area contributed by atoms with E-state index in [1.165, 1.54) is 6.08 Å². The van der Waals surface area contributed by atoms with Crippen molar-refractivity contribution >= 4 is 11.9 Å². The topological polar surface area (TPSA) is 59.3 Å². The second-order valence-electron chi connectivity index (χ2n) is 4.73. The minimum Gasteiger partial charge on any atom is -0.493 e. The van der Waals surface area contributed by atoms with Crippen molar-refractivity contribution in [1.29, 1.82) is 5.26 Å². The van der Waals surface area contributed by atoms with Gasteiger partial charge in [0.2, 0.25) is 0 Å². The molecule has 0 bridgehead atoms. The molecule has 116 valence electrons. The molecule has 4 nitrogen and oxygen atoms in total. The van der Waals surface area contributed by atoms with Crippen LogP contribution in [0.15, 0.2) is 48.5 Å². The Kier molecular flexibility index (Phi) is 5.54. The number of ether oxygens (including phenoxy) is 2. The molecule has 0 amide bonds. The highest BCUT2D eigenvalue weighted by Gasteiger charge is 2.05. The molecule has 2 aromatic carbocycles. The number of allylic oxidation sites excluding steroid dienone is 1. The molecule has 0 aliphatic carbocycles. The van der Waals surface area contributed by atoms with Crippen LogP contribution in [-0.4, -0.2) is 19.5 Å². The van der Waals surface area contributed by atoms with E-state index in [1.54, 1.807) is 37.5 Å². The van der Waals surface area contributed by atoms with Crippen LogP contribution in [0.3, 0.4) is 0 Å². The zero-order valence-corrected chi connectivity index (χ0v) is 13.1. The summed E-state index contributed by atoms with van der Waals surface area (Å²) in [4.78, 5) is 12.1. The Hall–Kier alpha value is -3.06. The van der Waals surface area contributed by atoms with Crippen LogP contribution in [0, 0.1) is 11.3 Å². The van der Waals surface area contributed by atoms with Crippen molar-refractivity contribution < 1.29 is 14.3 Å². The van der Waals surface area contributed by atoms with E-state index in [0.717, 1.165) is 5.56 Å². The average molecular weight is 307 g/mol. The van der Waals surface area contributed by atoms with E-state index in [4.69, 9.17) is 14.7 Å². The van der Waals surface area contributed by atoms with Crippen LogP contribution in [-0.2, 0) is 0 Å². The van der Waals surface area contributed by atoms with Gasteiger partial charge in [-0.25, -0.2) is 0 Å². The lowest BCUT2D eigenvalue weighted by molar-refractivity contribution is 0.104. The summed E-state index contributed by atoms with van der Waals surface area (Å²) in [5.74, 6) is 1.17. The number of benzene rings is 2. The smallest absolute Gasteiger partial charge is 0.185 e. The Labute approximate surface area is 135 Å². The molecule has 2 aromatic rings. The van der Waals surface area contributed by atoms with Crippen LogP contribution in [0.25, 0.3) is 6.08 Å². The first-order valence-corrected chi connectivity index (χ1v) is 7.21. The Bertz CT molecular complexity index is 755. The summed E-state index contributed by atoms with van der Waals surface area (Å²) < 4.78 is 10.7. The van der Waals surface area contributed by atoms with Gasteiger partial charge in [0, 0.05) is 5.56 Å². The molecule has 4 heteroatoms. The Morgan fingerprint density at radius 3 is 2.52 bits per heavy atom. The first kappa shape index (κ1) is 16.3. The van der Waals surface area contributed by atoms with Gasteiger partial charge in [-0.3, -0.25) is 4.79 Å². The van der Waals surface area contributed by atoms with E-state index in [2.05, 4.69) is 0 Å². The molecule has 0 atom stereocenters. The molecule has 2 rings (SSSR count). The summed E-state index contributed by atoms with van der Waals surface area (Å²) in [7, 11) is 1.58. The van der Waals surface area contributed by atoms with Gasteiger partial charge in [0.25, 0.3) is 0 Å². The molecule has 23 heavy (non-hydrogen) atoms. The zero-order chi connectivity index (χ0) is 16.7. The van der Waals surface area contributed by atoms with Crippen molar-refractivity contribution in [3.8, 4) is 17.6 Å². The number of carbonyl (C=O) groups is 1. The highest BCUT2D eigenvalue weighted by atomic mass is 16.5. The van der Waals surface area contributed by atoms with Crippen molar-refractivity contribution in [2.45, 2.75) is 6.92 Å². The van der Waals surface area contributed by atoms with E-state index in [0.29, 0.717) is 29.2 Å². The fourth-order valence-electron chi connectivity index (χ4n) is 2.04. The Balaban J connectivity index is 2.15. The third-order valence-electron chi connectivity index (χ3n) is 3.21. The second-order valence-corrected chi connectivity index (χ2v) is 4.73. The maximum atomic E-state index is 12.1. The van der Waals surface area contributed by atoms with Gasteiger partial charge in [-0.15, -0.1) is 0 Å². The first-order chi connectivity index (χ1) is 11.2. The normalized spacial score (nSPS) is 10.3. The molecule has 0 aromatic heterocycles. The van der Waals surface area contributed by atoms with Crippen LogP contribution in [0.1, 0.15) is 28.4 Å². The predicted octanol–water partition coefficient (Wildman–Crippen LogP) is 3.86. The number of methoxy groups -OCH3 is 1. The van der Waals surface area contributed by atoms with E-state index >= 15 is 0 Å². The predicted molar refractivity (Wildman–Crippen MR) is 88.7 cm³/mol. The van der Waals surface area contributed by atoms with Gasteiger partial charge in [0.05, 0.1) is 25.3 Å². The van der Waals surface area contributed by atoms with Crippen molar-refractivity contribution in [1.82, 2.24) is 0 Å². The van der Waals surface area contributed by atoms with Crippen LogP contribution in [0.2, 0.25) is 0 Å². The van der Waals surface area contributed by atoms with Crippen LogP contribution < -0.4 is 9.47 Å². The van der Waals surface area contributed by atoms with Gasteiger partial charge < -0.3 is 9.47 Å². The van der Waals surface area contributed by atoms with E-state index in [1.807, 2.05) is 31.2 Å². The zero-order valence-electron chi connectivity index (χ0n) is 13.1. The SMILES string of the molecule is CCOc1ccc(/C=C/C(=O)c2ccc(C#N)cc2)cc1OC. The molecular weight excluding hydrogens is 290 g/mol. The van der Waals surface area contributed by atoms with E-state index in [-0.39, 0.29) is 5.78 Å². The van der Waals surface area contributed by atoms with Gasteiger partial charge in [0.1, 0.15) is 0 Å². The lowest BCUT2D eigenvalue weighted by Gasteiger charge is -2.09. The lowest BCUT2D eigenvalue weighted by atomic mass is 10.1. The highest BCUT2D eigenvalue weighted by Crippen LogP contribution is 2.28. The molecule has 0 saturated heterocycles. The molecule has 0 fully saturated rings. The Morgan fingerprint density at radius 1 is 1.17 bits per heavy atom. The molecule has 0 spiro atoms. The van der Waals surface area contributed by atoms with E-state index in [9.17, 15) is 4.79 Å². The lowest BCUT2D eigenvalue weighted by Crippen LogP contribution is -1.96. The number of hydrogen-bond acceptors (Lipinski definition) is 4. The average Bonchev–Trinajstić information content (AvgIpc) is 2.60. The van der Waals surface area contributed by atoms with Gasteiger partial charge in [-0.1, -0.05) is 12.1 Å². The fourth-order valence-corrected chi connectivity index (χ4v) is 2.04. The molecule has 0 aliphatic heterocycles. The van der Waals surface area contributed by atoms with Crippen molar-refractivity contribution in [2.24, 2.45) is 0 Å². The summed E-state index contributed by atoms with van der Waals surface area (Å²) in [6, 6.07) is 14.0. The summed E-state index contributed by atoms with van der Waals surface area (Å²) in [5.41, 5.74) is 1.91. The molecular formula is C19H17NO3. The molecule has 0 unspecified atom stereocenters. The minimum atomic E-state index is -0.123. The number of carbonyl (C=O) groups excluding carboxylic acids is 1. The third-order valence-corrected chi connectivity index (χ3v) is 3.21. The quantitative estimate of drug-likeness (QED) is 0.600. The van der Waals surface area contributed by atoms with Crippen molar-refractivity contribution in [3.05, 3.63) is 65.2 Å². The molecule has 0 heterocycles. The van der Waals surface area contributed by atoms with Gasteiger partial charge in [-0.05, 0) is 55.0 Å². The minimum absolute atomic E-state index is 0.123. The van der Waals surface area contributed by atoms with Crippen LogP contribution >= 0.6 is 0 Å². The fraction of sp³-hybridized carbons (Fsp3) is 0.158.